The van der Waals surface area contributed by atoms with Gasteiger partial charge in [0.15, 0.2) is 0 Å². The molecule has 3 nitrogen and oxygen atoms in total. The third-order valence-corrected chi connectivity index (χ3v) is 2.59. The lowest BCUT2D eigenvalue weighted by Gasteiger charge is -2.08. The Kier molecular flexibility index (Phi) is 3.67. The monoisotopic (exact) mass is 238 g/mol. The highest BCUT2D eigenvalue weighted by molar-refractivity contribution is 6.32. The number of hydrogen-bond donors (Lipinski definition) is 2. The predicted octanol–water partition coefficient (Wildman–Crippen LogP) is 1.90. The molecule has 0 aromatic heterocycles. The molecule has 18 heavy (non-hydrogen) atoms. The predicted molar refractivity (Wildman–Crippen MR) is 78.4 cm³/mol. The van der Waals surface area contributed by atoms with Gasteiger partial charge in [-0.15, -0.1) is 0 Å². The summed E-state index contributed by atoms with van der Waals surface area (Å²) in [5.74, 6) is 0. The van der Waals surface area contributed by atoms with Crippen LogP contribution in [0.3, 0.4) is 0 Å². The molecule has 0 fully saturated rings. The van der Waals surface area contributed by atoms with E-state index < -0.39 is 0 Å². The topological polar surface area (TPSA) is 41.1 Å². The highest BCUT2D eigenvalue weighted by atomic mass is 16.2. The summed E-state index contributed by atoms with van der Waals surface area (Å²) in [5.41, 5.74) is 3.85. The Labute approximate surface area is 108 Å². The summed E-state index contributed by atoms with van der Waals surface area (Å²) in [6.07, 6.45) is 0. The molecule has 2 N–H and O–H groups in total. The van der Waals surface area contributed by atoms with E-state index in [1.54, 1.807) is 0 Å². The Morgan fingerprint density at radius 1 is 1.00 bits per heavy atom. The molecule has 0 unspecified atom stereocenters. The molecule has 2 rings (SSSR count). The van der Waals surface area contributed by atoms with E-state index in [-0.39, 0.29) is 6.03 Å². The molecule has 2 amide bonds. The number of carbonyl (C=O) groups excluding carboxylic acids is 1. The van der Waals surface area contributed by atoms with Gasteiger partial charge >= 0.3 is 6.03 Å². The van der Waals surface area contributed by atoms with Crippen LogP contribution in [0.5, 0.6) is 0 Å². The first-order valence-corrected chi connectivity index (χ1v) is 5.85. The fourth-order valence-electron chi connectivity index (χ4n) is 1.65. The van der Waals surface area contributed by atoms with E-state index in [9.17, 15) is 4.79 Å². The van der Waals surface area contributed by atoms with Gasteiger partial charge < -0.3 is 10.6 Å². The normalized spacial score (nSPS) is 9.83. The van der Waals surface area contributed by atoms with E-state index in [2.05, 4.69) is 10.6 Å². The number of aryl methyl sites for hydroxylation is 1. The van der Waals surface area contributed by atoms with E-state index in [0.717, 1.165) is 16.8 Å². The summed E-state index contributed by atoms with van der Waals surface area (Å²) in [7, 11) is 1.99. The largest absolute Gasteiger partial charge is 0.323 e. The maximum atomic E-state index is 11.8. The number of rotatable bonds is 2. The van der Waals surface area contributed by atoms with E-state index in [4.69, 9.17) is 0 Å². The van der Waals surface area contributed by atoms with Crippen LogP contribution < -0.4 is 16.1 Å². The van der Waals surface area contributed by atoms with Gasteiger partial charge in [0, 0.05) is 11.4 Å². The Balaban J connectivity index is 1.98. The highest BCUT2D eigenvalue weighted by Gasteiger charge is 2.02. The molecular weight excluding hydrogens is 223 g/mol. The minimum absolute atomic E-state index is 0.232. The van der Waals surface area contributed by atoms with Crippen molar-refractivity contribution in [1.29, 1.82) is 0 Å². The van der Waals surface area contributed by atoms with Crippen LogP contribution >= 0.6 is 0 Å². The third kappa shape index (κ3) is 3.38. The van der Waals surface area contributed by atoms with Crippen LogP contribution in [0.4, 0.5) is 16.2 Å². The maximum absolute atomic E-state index is 11.8. The van der Waals surface area contributed by atoms with E-state index in [1.165, 1.54) is 5.56 Å². The van der Waals surface area contributed by atoms with Crippen molar-refractivity contribution in [3.8, 4) is 0 Å². The summed E-state index contributed by atoms with van der Waals surface area (Å²) in [6, 6.07) is 15.1. The summed E-state index contributed by atoms with van der Waals surface area (Å²) in [6.45, 7) is 2.01. The molecule has 90 valence electrons. The van der Waals surface area contributed by atoms with Gasteiger partial charge in [-0.2, -0.15) is 0 Å². The van der Waals surface area contributed by atoms with Crippen molar-refractivity contribution in [3.63, 3.8) is 0 Å². The molecule has 0 spiro atoms. The fraction of sp³-hybridized carbons (Fsp3) is 0.0714. The zero-order chi connectivity index (χ0) is 13.0. The molecule has 0 aliphatic carbocycles. The van der Waals surface area contributed by atoms with Crippen LogP contribution in [-0.2, 0) is 0 Å². The lowest BCUT2D eigenvalue weighted by Crippen LogP contribution is -2.20. The molecule has 0 heterocycles. The molecule has 0 atom stereocenters. The summed E-state index contributed by atoms with van der Waals surface area (Å²) >= 11 is 0. The third-order valence-electron chi connectivity index (χ3n) is 2.59. The van der Waals surface area contributed by atoms with Gasteiger partial charge in [-0.25, -0.2) is 4.79 Å². The van der Waals surface area contributed by atoms with Crippen LogP contribution in [0.25, 0.3) is 0 Å². The Hall–Kier alpha value is -2.23. The van der Waals surface area contributed by atoms with Crippen molar-refractivity contribution < 1.29 is 4.79 Å². The van der Waals surface area contributed by atoms with Crippen LogP contribution in [0, 0.1) is 6.92 Å². The maximum Gasteiger partial charge on any atom is 0.323 e. The van der Waals surface area contributed by atoms with Gasteiger partial charge in [0.2, 0.25) is 0 Å². The molecule has 4 heteroatoms. The van der Waals surface area contributed by atoms with Crippen molar-refractivity contribution >= 4 is 30.7 Å². The lowest BCUT2D eigenvalue weighted by molar-refractivity contribution is 0.262. The van der Waals surface area contributed by atoms with Crippen LogP contribution in [0.15, 0.2) is 48.5 Å². The molecule has 0 aliphatic heterocycles. The lowest BCUT2D eigenvalue weighted by atomic mass is 9.96. The Morgan fingerprint density at radius 2 is 1.67 bits per heavy atom. The molecular formula is C14H15BN2O. The van der Waals surface area contributed by atoms with Crippen LogP contribution in [0.2, 0.25) is 0 Å². The molecule has 0 radical (unpaired) electrons. The second kappa shape index (κ2) is 5.40. The standard InChI is InChI=1S/C14H15BN2O/c1-10-5-7-12(8-6-10)16-14(18)17-13-4-2-3-11(15)9-13/h2-9H,15H2,1H3,(H2,16,17,18). The quantitative estimate of drug-likeness (QED) is 0.771. The van der Waals surface area contributed by atoms with Crippen molar-refractivity contribution in [2.75, 3.05) is 10.6 Å². The summed E-state index contributed by atoms with van der Waals surface area (Å²) in [5, 5.41) is 5.58. The average molecular weight is 238 g/mol. The summed E-state index contributed by atoms with van der Waals surface area (Å²) in [4.78, 5) is 11.8. The van der Waals surface area contributed by atoms with Crippen molar-refractivity contribution in [2.24, 2.45) is 0 Å². The zero-order valence-corrected chi connectivity index (χ0v) is 10.5. The van der Waals surface area contributed by atoms with Crippen molar-refractivity contribution in [1.82, 2.24) is 0 Å². The Bertz CT molecular complexity index is 552. The molecule has 2 aromatic carbocycles. The van der Waals surface area contributed by atoms with Crippen LogP contribution in [0.1, 0.15) is 5.56 Å². The first-order chi connectivity index (χ1) is 8.63. The van der Waals surface area contributed by atoms with E-state index >= 15 is 0 Å². The second-order valence-corrected chi connectivity index (χ2v) is 4.31. The number of nitrogens with one attached hydrogen (secondary N) is 2. The summed E-state index contributed by atoms with van der Waals surface area (Å²) < 4.78 is 0. The van der Waals surface area contributed by atoms with Gasteiger partial charge in [-0.3, -0.25) is 0 Å². The van der Waals surface area contributed by atoms with Crippen LogP contribution in [-0.4, -0.2) is 13.9 Å². The van der Waals surface area contributed by atoms with Gasteiger partial charge in [0.25, 0.3) is 0 Å². The molecule has 0 aliphatic rings. The number of carbonyl (C=O) groups is 1. The minimum atomic E-state index is -0.232. The van der Waals surface area contributed by atoms with Gasteiger partial charge in [0.05, 0.1) is 0 Å². The number of anilines is 2. The molecule has 0 saturated carbocycles. The zero-order valence-electron chi connectivity index (χ0n) is 10.5. The minimum Gasteiger partial charge on any atom is -0.308 e. The van der Waals surface area contributed by atoms with Gasteiger partial charge in [-0.05, 0) is 31.2 Å². The fourth-order valence-corrected chi connectivity index (χ4v) is 1.65. The first kappa shape index (κ1) is 12.2. The average Bonchev–Trinajstić information content (AvgIpc) is 2.32. The highest BCUT2D eigenvalue weighted by Crippen LogP contribution is 2.10. The number of amides is 2. The molecule has 0 saturated heterocycles. The number of urea groups is 1. The first-order valence-electron chi connectivity index (χ1n) is 5.85. The van der Waals surface area contributed by atoms with Gasteiger partial charge in [-0.1, -0.05) is 35.3 Å². The molecule has 0 bridgehead atoms. The number of benzene rings is 2. The van der Waals surface area contributed by atoms with Gasteiger partial charge in [0.1, 0.15) is 7.85 Å². The second-order valence-electron chi connectivity index (χ2n) is 4.31. The molecule has 2 aromatic rings. The SMILES string of the molecule is Bc1cccc(NC(=O)Nc2ccc(C)cc2)c1. The smallest absolute Gasteiger partial charge is 0.308 e. The van der Waals surface area contributed by atoms with E-state index in [0.29, 0.717) is 0 Å². The van der Waals surface area contributed by atoms with Crippen molar-refractivity contribution in [2.45, 2.75) is 6.92 Å². The van der Waals surface area contributed by atoms with E-state index in [1.807, 2.05) is 63.3 Å². The Morgan fingerprint density at radius 3 is 2.33 bits per heavy atom. The van der Waals surface area contributed by atoms with Crippen molar-refractivity contribution in [3.05, 3.63) is 54.1 Å². The number of hydrogen-bond acceptors (Lipinski definition) is 1.